The molecule has 1 aliphatic heterocycles. The third kappa shape index (κ3) is 3.16. The van der Waals surface area contributed by atoms with Crippen molar-refractivity contribution in [3.05, 3.63) is 63.7 Å². The van der Waals surface area contributed by atoms with Crippen molar-refractivity contribution in [3.63, 3.8) is 0 Å². The summed E-state index contributed by atoms with van der Waals surface area (Å²) in [5, 5.41) is 7.01. The second-order valence-electron chi connectivity index (χ2n) is 7.32. The van der Waals surface area contributed by atoms with Crippen LogP contribution in [-0.2, 0) is 10.2 Å². The third-order valence-corrected chi connectivity index (χ3v) is 5.77. The largest absolute Gasteiger partial charge is 0.465 e. The molecule has 0 unspecified atom stereocenters. The number of hydrogen-bond acceptors (Lipinski definition) is 4. The molecule has 4 rings (SSSR count). The van der Waals surface area contributed by atoms with Crippen LogP contribution in [-0.4, -0.2) is 25.5 Å². The van der Waals surface area contributed by atoms with Crippen molar-refractivity contribution in [2.24, 2.45) is 0 Å². The maximum atomic E-state index is 12.9. The minimum atomic E-state index is -0.382. The van der Waals surface area contributed by atoms with Crippen molar-refractivity contribution in [3.8, 4) is 0 Å². The fourth-order valence-electron chi connectivity index (χ4n) is 3.73. The van der Waals surface area contributed by atoms with Gasteiger partial charge in [-0.15, -0.1) is 0 Å². The number of carbonyl (C=O) groups excluding carboxylic acids is 2. The Morgan fingerprint density at radius 3 is 2.56 bits per heavy atom. The van der Waals surface area contributed by atoms with Crippen LogP contribution in [0.4, 0.5) is 5.69 Å². The van der Waals surface area contributed by atoms with E-state index in [1.54, 1.807) is 18.2 Å². The normalized spacial score (nSPS) is 17.0. The maximum Gasteiger partial charge on any atom is 0.337 e. The van der Waals surface area contributed by atoms with Gasteiger partial charge in [-0.1, -0.05) is 23.7 Å². The summed E-state index contributed by atoms with van der Waals surface area (Å²) in [7, 11) is 1.35. The average Bonchev–Trinajstić information content (AvgIpc) is 3.38. The van der Waals surface area contributed by atoms with Crippen LogP contribution in [0.1, 0.15) is 57.7 Å². The second kappa shape index (κ2) is 6.57. The molecule has 0 bridgehead atoms. The first-order chi connectivity index (χ1) is 12.9. The van der Waals surface area contributed by atoms with Crippen LogP contribution >= 0.6 is 11.6 Å². The lowest BCUT2D eigenvalue weighted by Gasteiger charge is -2.17. The average molecular weight is 385 g/mol. The molecule has 140 valence electrons. The highest BCUT2D eigenvalue weighted by molar-refractivity contribution is 6.31. The smallest absolute Gasteiger partial charge is 0.337 e. The summed E-state index contributed by atoms with van der Waals surface area (Å²) in [6.45, 7) is 2.78. The SMILES string of the molecule is COC(=O)c1ccc([C@H](C)NC(=O)c2cc(Cl)cc3c2NCC32CC2)cc1. The first kappa shape index (κ1) is 17.9. The number of amides is 1. The number of ether oxygens (including phenoxy) is 1. The van der Waals surface area contributed by atoms with E-state index in [4.69, 9.17) is 16.3 Å². The Kier molecular flexibility index (Phi) is 4.35. The number of esters is 1. The highest BCUT2D eigenvalue weighted by Crippen LogP contribution is 2.55. The lowest BCUT2D eigenvalue weighted by molar-refractivity contribution is 0.0600. The van der Waals surface area contributed by atoms with E-state index in [2.05, 4.69) is 10.6 Å². The molecular weight excluding hydrogens is 364 g/mol. The van der Waals surface area contributed by atoms with E-state index in [1.807, 2.05) is 25.1 Å². The predicted octanol–water partition coefficient (Wildman–Crippen LogP) is 4.07. The van der Waals surface area contributed by atoms with E-state index >= 15 is 0 Å². The number of nitrogens with one attached hydrogen (secondary N) is 2. The molecule has 5 nitrogen and oxygen atoms in total. The van der Waals surface area contributed by atoms with Gasteiger partial charge >= 0.3 is 5.97 Å². The summed E-state index contributed by atoms with van der Waals surface area (Å²) in [5.41, 5.74) is 4.20. The molecule has 1 fully saturated rings. The molecule has 1 spiro atoms. The molecule has 6 heteroatoms. The molecule has 1 saturated carbocycles. The molecule has 0 saturated heterocycles. The summed E-state index contributed by atoms with van der Waals surface area (Å²) in [5.74, 6) is -0.545. The van der Waals surface area contributed by atoms with Crippen LogP contribution in [0.3, 0.4) is 0 Å². The summed E-state index contributed by atoms with van der Waals surface area (Å²) in [6, 6.07) is 10.5. The summed E-state index contributed by atoms with van der Waals surface area (Å²) in [4.78, 5) is 24.5. The first-order valence-corrected chi connectivity index (χ1v) is 9.38. The van der Waals surface area contributed by atoms with Gasteiger partial charge in [0.1, 0.15) is 0 Å². The Morgan fingerprint density at radius 1 is 1.22 bits per heavy atom. The lowest BCUT2D eigenvalue weighted by atomic mass is 9.96. The van der Waals surface area contributed by atoms with Gasteiger partial charge in [0.2, 0.25) is 0 Å². The molecule has 2 N–H and O–H groups in total. The number of benzene rings is 2. The Labute approximate surface area is 163 Å². The fourth-order valence-corrected chi connectivity index (χ4v) is 3.95. The highest BCUT2D eigenvalue weighted by Gasteiger charge is 2.50. The number of anilines is 1. The van der Waals surface area contributed by atoms with Gasteiger partial charge in [0.05, 0.1) is 30.0 Å². The molecule has 27 heavy (non-hydrogen) atoms. The van der Waals surface area contributed by atoms with Gasteiger partial charge in [-0.3, -0.25) is 4.79 Å². The van der Waals surface area contributed by atoms with Crippen molar-refractivity contribution in [1.82, 2.24) is 5.32 Å². The third-order valence-electron chi connectivity index (χ3n) is 5.56. The van der Waals surface area contributed by atoms with Gasteiger partial charge in [0.15, 0.2) is 0 Å². The summed E-state index contributed by atoms with van der Waals surface area (Å²) in [6.07, 6.45) is 2.27. The molecule has 1 atom stereocenters. The standard InChI is InChI=1S/C21H21ClN2O3/c1-12(13-3-5-14(6-4-13)20(26)27-2)24-19(25)16-9-15(22)10-17-18(16)23-11-21(17)7-8-21/h3-6,9-10,12,23H,7-8,11H2,1-2H3,(H,24,25)/t12-/m0/s1. The number of carbonyl (C=O) groups is 2. The number of rotatable bonds is 4. The highest BCUT2D eigenvalue weighted by atomic mass is 35.5. The van der Waals surface area contributed by atoms with Crippen molar-refractivity contribution in [2.75, 3.05) is 19.0 Å². The topological polar surface area (TPSA) is 67.4 Å². The Morgan fingerprint density at radius 2 is 1.93 bits per heavy atom. The molecule has 2 aliphatic rings. The van der Waals surface area contributed by atoms with Gasteiger partial charge in [0.25, 0.3) is 5.91 Å². The van der Waals surface area contributed by atoms with Crippen LogP contribution in [0, 0.1) is 0 Å². The molecule has 0 radical (unpaired) electrons. The molecule has 1 heterocycles. The summed E-state index contributed by atoms with van der Waals surface area (Å²) < 4.78 is 4.71. The van der Waals surface area contributed by atoms with Crippen molar-refractivity contribution in [2.45, 2.75) is 31.2 Å². The van der Waals surface area contributed by atoms with Crippen molar-refractivity contribution < 1.29 is 14.3 Å². The molecule has 1 aliphatic carbocycles. The van der Waals surface area contributed by atoms with Gasteiger partial charge in [-0.2, -0.15) is 0 Å². The van der Waals surface area contributed by atoms with E-state index in [9.17, 15) is 9.59 Å². The van der Waals surface area contributed by atoms with Crippen LogP contribution < -0.4 is 10.6 Å². The minimum Gasteiger partial charge on any atom is -0.465 e. The van der Waals surface area contributed by atoms with Crippen LogP contribution in [0.15, 0.2) is 36.4 Å². The van der Waals surface area contributed by atoms with Gasteiger partial charge < -0.3 is 15.4 Å². The maximum absolute atomic E-state index is 12.9. The zero-order valence-corrected chi connectivity index (χ0v) is 16.0. The number of halogens is 1. The molecule has 2 aromatic carbocycles. The van der Waals surface area contributed by atoms with Gasteiger partial charge in [0, 0.05) is 17.0 Å². The zero-order chi connectivity index (χ0) is 19.2. The van der Waals surface area contributed by atoms with E-state index in [0.29, 0.717) is 16.1 Å². The molecule has 2 aromatic rings. The lowest BCUT2D eigenvalue weighted by Crippen LogP contribution is -2.27. The number of methoxy groups -OCH3 is 1. The fraction of sp³-hybridized carbons (Fsp3) is 0.333. The molecular formula is C21H21ClN2O3. The minimum absolute atomic E-state index is 0.163. The summed E-state index contributed by atoms with van der Waals surface area (Å²) >= 11 is 6.29. The van der Waals surface area contributed by atoms with E-state index in [0.717, 1.165) is 36.2 Å². The number of hydrogen-bond donors (Lipinski definition) is 2. The zero-order valence-electron chi connectivity index (χ0n) is 15.3. The van der Waals surface area contributed by atoms with Crippen molar-refractivity contribution >= 4 is 29.2 Å². The Balaban J connectivity index is 1.54. The molecule has 1 amide bonds. The van der Waals surface area contributed by atoms with Gasteiger partial charge in [-0.25, -0.2) is 4.79 Å². The Hall–Kier alpha value is -2.53. The second-order valence-corrected chi connectivity index (χ2v) is 7.75. The van der Waals surface area contributed by atoms with Crippen molar-refractivity contribution in [1.29, 1.82) is 0 Å². The Bertz CT molecular complexity index is 920. The van der Waals surface area contributed by atoms with Crippen LogP contribution in [0.5, 0.6) is 0 Å². The monoisotopic (exact) mass is 384 g/mol. The van der Waals surface area contributed by atoms with Crippen LogP contribution in [0.25, 0.3) is 0 Å². The van der Waals surface area contributed by atoms with Gasteiger partial charge in [-0.05, 0) is 55.2 Å². The first-order valence-electron chi connectivity index (χ1n) is 9.00. The van der Waals surface area contributed by atoms with E-state index in [-0.39, 0.29) is 23.3 Å². The molecule has 0 aromatic heterocycles. The predicted molar refractivity (Wildman–Crippen MR) is 105 cm³/mol. The van der Waals surface area contributed by atoms with E-state index in [1.165, 1.54) is 7.11 Å². The van der Waals surface area contributed by atoms with Crippen LogP contribution in [0.2, 0.25) is 5.02 Å². The van der Waals surface area contributed by atoms with E-state index < -0.39 is 0 Å². The quantitative estimate of drug-likeness (QED) is 0.779. The number of fused-ring (bicyclic) bond motifs is 2.